The molecule has 8 heteroatoms. The van der Waals surface area contributed by atoms with Crippen LogP contribution in [0.25, 0.3) is 22.7 Å². The van der Waals surface area contributed by atoms with Gasteiger partial charge in [0.05, 0.1) is 21.5 Å². The highest BCUT2D eigenvalue weighted by atomic mass is 35.5. The molecule has 3 rings (SSSR count). The molecule has 0 saturated carbocycles. The molecule has 0 fully saturated rings. The maximum Gasteiger partial charge on any atom is 0.293 e. The third-order valence-corrected chi connectivity index (χ3v) is 3.75. The molecular formula is C18H16ClN5O2. The van der Waals surface area contributed by atoms with E-state index in [4.69, 9.17) is 0 Å². The van der Waals surface area contributed by atoms with Crippen LogP contribution >= 0.6 is 12.4 Å². The van der Waals surface area contributed by atoms with E-state index in [1.807, 2.05) is 24.3 Å². The van der Waals surface area contributed by atoms with Gasteiger partial charge in [-0.2, -0.15) is 5.26 Å². The molecular weight excluding hydrogens is 354 g/mol. The van der Waals surface area contributed by atoms with Crippen LogP contribution in [0.4, 0.5) is 11.4 Å². The number of aromatic amines is 1. The lowest BCUT2D eigenvalue weighted by Gasteiger charge is -2.12. The summed E-state index contributed by atoms with van der Waals surface area (Å²) in [6.45, 7) is 0. The summed E-state index contributed by atoms with van der Waals surface area (Å²) in [6.07, 6.45) is 1.59. The van der Waals surface area contributed by atoms with Gasteiger partial charge in [-0.25, -0.2) is 4.98 Å². The van der Waals surface area contributed by atoms with E-state index in [1.165, 1.54) is 6.07 Å². The first-order valence-electron chi connectivity index (χ1n) is 7.52. The molecule has 0 aliphatic rings. The number of imidazole rings is 1. The first kappa shape index (κ1) is 19.0. The number of nitro groups is 1. The minimum absolute atomic E-state index is 0. The molecule has 0 aliphatic heterocycles. The van der Waals surface area contributed by atoms with Crippen molar-refractivity contribution in [1.82, 2.24) is 9.97 Å². The molecule has 1 aromatic heterocycles. The van der Waals surface area contributed by atoms with Crippen molar-refractivity contribution in [2.24, 2.45) is 0 Å². The van der Waals surface area contributed by atoms with E-state index >= 15 is 0 Å². The number of nitrogens with zero attached hydrogens (tertiary/aromatic N) is 4. The molecule has 0 radical (unpaired) electrons. The highest BCUT2D eigenvalue weighted by molar-refractivity contribution is 5.90. The fourth-order valence-corrected chi connectivity index (χ4v) is 2.56. The number of nitrogens with one attached hydrogen (secondary N) is 1. The van der Waals surface area contributed by atoms with Gasteiger partial charge in [-0.1, -0.05) is 18.2 Å². The van der Waals surface area contributed by atoms with Crippen LogP contribution in [0, 0.1) is 21.4 Å². The van der Waals surface area contributed by atoms with Gasteiger partial charge < -0.3 is 9.88 Å². The van der Waals surface area contributed by atoms with Crippen molar-refractivity contribution in [2.75, 3.05) is 19.0 Å². The molecule has 0 unspecified atom stereocenters. The Bertz CT molecular complexity index is 1000. The second kappa shape index (κ2) is 7.68. The molecule has 132 valence electrons. The summed E-state index contributed by atoms with van der Waals surface area (Å²) in [5.74, 6) is 0.433. The minimum atomic E-state index is -0.431. The van der Waals surface area contributed by atoms with Gasteiger partial charge in [-0.15, -0.1) is 12.4 Å². The topological polar surface area (TPSA) is 98.8 Å². The van der Waals surface area contributed by atoms with Crippen molar-refractivity contribution >= 4 is 46.5 Å². The van der Waals surface area contributed by atoms with Crippen molar-refractivity contribution in [2.45, 2.75) is 0 Å². The maximum absolute atomic E-state index is 11.3. The number of H-pyrrole nitrogens is 1. The summed E-state index contributed by atoms with van der Waals surface area (Å²) in [4.78, 5) is 20.0. The molecule has 1 N–H and O–H groups in total. The van der Waals surface area contributed by atoms with Gasteiger partial charge in [-0.05, 0) is 29.8 Å². The van der Waals surface area contributed by atoms with Crippen LogP contribution in [-0.4, -0.2) is 29.0 Å². The average molecular weight is 370 g/mol. The minimum Gasteiger partial charge on any atom is -0.372 e. The number of hydrogen-bond acceptors (Lipinski definition) is 5. The second-order valence-electron chi connectivity index (χ2n) is 5.67. The van der Waals surface area contributed by atoms with E-state index in [2.05, 4.69) is 16.0 Å². The molecule has 7 nitrogen and oxygen atoms in total. The van der Waals surface area contributed by atoms with Crippen LogP contribution in [0.5, 0.6) is 0 Å². The zero-order chi connectivity index (χ0) is 18.0. The summed E-state index contributed by atoms with van der Waals surface area (Å²) in [5.41, 5.74) is 2.95. The second-order valence-corrected chi connectivity index (χ2v) is 5.67. The number of benzene rings is 2. The number of nitriles is 1. The molecule has 0 atom stereocenters. The van der Waals surface area contributed by atoms with Crippen molar-refractivity contribution in [3.63, 3.8) is 0 Å². The van der Waals surface area contributed by atoms with Gasteiger partial charge in [-0.3, -0.25) is 10.1 Å². The zero-order valence-electron chi connectivity index (χ0n) is 14.1. The first-order valence-corrected chi connectivity index (χ1v) is 7.52. The number of halogens is 1. The Morgan fingerprint density at radius 2 is 2.04 bits per heavy atom. The lowest BCUT2D eigenvalue weighted by atomic mass is 10.1. The summed E-state index contributed by atoms with van der Waals surface area (Å²) >= 11 is 0. The fourth-order valence-electron chi connectivity index (χ4n) is 2.56. The monoisotopic (exact) mass is 369 g/mol. The van der Waals surface area contributed by atoms with Gasteiger partial charge in [0.15, 0.2) is 0 Å². The highest BCUT2D eigenvalue weighted by Crippen LogP contribution is 2.29. The van der Waals surface area contributed by atoms with Gasteiger partial charge in [0, 0.05) is 20.2 Å². The molecule has 0 saturated heterocycles. The summed E-state index contributed by atoms with van der Waals surface area (Å²) < 4.78 is 0. The maximum atomic E-state index is 11.3. The third kappa shape index (κ3) is 3.66. The fraction of sp³-hybridized carbons (Fsp3) is 0.111. The van der Waals surface area contributed by atoms with E-state index in [9.17, 15) is 15.4 Å². The Labute approximate surface area is 156 Å². The summed E-state index contributed by atoms with van der Waals surface area (Å²) in [5, 5.41) is 20.8. The Balaban J connectivity index is 0.00000243. The number of hydrogen-bond donors (Lipinski definition) is 1. The molecule has 0 amide bonds. The van der Waals surface area contributed by atoms with Crippen LogP contribution < -0.4 is 4.90 Å². The average Bonchev–Trinajstić information content (AvgIpc) is 3.03. The van der Waals surface area contributed by atoms with Crippen LogP contribution in [-0.2, 0) is 0 Å². The van der Waals surface area contributed by atoms with Crippen LogP contribution in [0.15, 0.2) is 42.5 Å². The molecule has 0 aliphatic carbocycles. The van der Waals surface area contributed by atoms with Gasteiger partial charge >= 0.3 is 0 Å². The van der Waals surface area contributed by atoms with E-state index in [0.29, 0.717) is 22.6 Å². The van der Waals surface area contributed by atoms with E-state index in [1.54, 1.807) is 37.2 Å². The largest absolute Gasteiger partial charge is 0.372 e. The molecule has 0 spiro atoms. The molecule has 0 bridgehead atoms. The number of allylic oxidation sites excluding steroid dienone is 1. The van der Waals surface area contributed by atoms with E-state index in [0.717, 1.165) is 11.0 Å². The van der Waals surface area contributed by atoms with Gasteiger partial charge in [0.1, 0.15) is 17.6 Å². The molecule has 26 heavy (non-hydrogen) atoms. The van der Waals surface area contributed by atoms with Crippen molar-refractivity contribution in [3.8, 4) is 6.07 Å². The zero-order valence-corrected chi connectivity index (χ0v) is 14.9. The molecule has 3 aromatic rings. The number of aromatic nitrogens is 2. The number of fused-ring (bicyclic) bond motifs is 1. The normalized spacial score (nSPS) is 10.9. The Morgan fingerprint density at radius 3 is 2.65 bits per heavy atom. The predicted molar refractivity (Wildman–Crippen MR) is 104 cm³/mol. The Morgan fingerprint density at radius 1 is 1.31 bits per heavy atom. The standard InChI is InChI=1S/C18H15N5O2.ClH/c1-22(2)16-8-7-12(10-17(16)23(24)25)9-13(11-19)18-20-14-5-3-4-6-15(14)21-18;/h3-10H,1-2H3,(H,20,21);1H. The van der Waals surface area contributed by atoms with Gasteiger partial charge in [0.2, 0.25) is 0 Å². The van der Waals surface area contributed by atoms with E-state index < -0.39 is 4.92 Å². The number of rotatable bonds is 4. The number of nitro benzene ring substituents is 1. The Hall–Kier alpha value is -3.37. The van der Waals surface area contributed by atoms with Crippen molar-refractivity contribution < 1.29 is 4.92 Å². The SMILES string of the molecule is CN(C)c1ccc(C=C(C#N)c2nc3ccccc3[nH]2)cc1[N+](=O)[O-].Cl. The summed E-state index contributed by atoms with van der Waals surface area (Å²) in [6, 6.07) is 14.4. The van der Waals surface area contributed by atoms with Gasteiger partial charge in [0.25, 0.3) is 5.69 Å². The van der Waals surface area contributed by atoms with Crippen molar-refractivity contribution in [3.05, 3.63) is 64.0 Å². The van der Waals surface area contributed by atoms with E-state index in [-0.39, 0.29) is 18.1 Å². The number of anilines is 1. The predicted octanol–water partition coefficient (Wildman–Crippen LogP) is 4.02. The quantitative estimate of drug-likeness (QED) is 0.425. The van der Waals surface area contributed by atoms with Crippen LogP contribution in [0.3, 0.4) is 0 Å². The smallest absolute Gasteiger partial charge is 0.293 e. The first-order chi connectivity index (χ1) is 12.0. The molecule has 2 aromatic carbocycles. The Kier molecular flexibility index (Phi) is 5.60. The number of para-hydroxylation sites is 2. The highest BCUT2D eigenvalue weighted by Gasteiger charge is 2.16. The third-order valence-electron chi connectivity index (χ3n) is 3.75. The van der Waals surface area contributed by atoms with Crippen LogP contribution in [0.2, 0.25) is 0 Å². The molecule has 1 heterocycles. The summed E-state index contributed by atoms with van der Waals surface area (Å²) in [7, 11) is 3.49. The lowest BCUT2D eigenvalue weighted by Crippen LogP contribution is -2.11. The lowest BCUT2D eigenvalue weighted by molar-refractivity contribution is -0.384. The van der Waals surface area contributed by atoms with Crippen molar-refractivity contribution in [1.29, 1.82) is 5.26 Å². The van der Waals surface area contributed by atoms with Crippen LogP contribution in [0.1, 0.15) is 11.4 Å².